The van der Waals surface area contributed by atoms with Gasteiger partial charge in [-0.05, 0) is 25.7 Å². The maximum Gasteiger partial charge on any atom is 0.143 e. The third-order valence-corrected chi connectivity index (χ3v) is 2.72. The molecule has 0 radical (unpaired) electrons. The highest BCUT2D eigenvalue weighted by Crippen LogP contribution is 2.23. The van der Waals surface area contributed by atoms with Crippen molar-refractivity contribution in [1.82, 2.24) is 5.32 Å². The molecule has 1 fully saturated rings. The van der Waals surface area contributed by atoms with Crippen molar-refractivity contribution < 1.29 is 4.79 Å². The molecule has 70 valence electrons. The van der Waals surface area contributed by atoms with Gasteiger partial charge in [-0.2, -0.15) is 0 Å². The number of rotatable bonds is 3. The Labute approximate surface area is 74.7 Å². The Balaban J connectivity index is 2.24. The lowest BCUT2D eigenvalue weighted by Gasteiger charge is -2.29. The summed E-state index contributed by atoms with van der Waals surface area (Å²) in [6.45, 7) is 4.46. The lowest BCUT2D eigenvalue weighted by Crippen LogP contribution is -2.39. The minimum absolute atomic E-state index is 0.243. The van der Waals surface area contributed by atoms with E-state index < -0.39 is 0 Å². The molecule has 0 spiro atoms. The van der Waals surface area contributed by atoms with E-state index in [4.69, 9.17) is 0 Å². The predicted molar refractivity (Wildman–Crippen MR) is 50.1 cm³/mol. The molecule has 0 aromatic heterocycles. The lowest BCUT2D eigenvalue weighted by atomic mass is 9.86. The molecule has 0 heterocycles. The Morgan fingerprint density at radius 1 is 1.42 bits per heavy atom. The molecule has 0 aromatic carbocycles. The second kappa shape index (κ2) is 4.61. The predicted octanol–water partition coefficient (Wildman–Crippen LogP) is 1.74. The molecule has 1 aliphatic rings. The summed E-state index contributed by atoms with van der Waals surface area (Å²) in [5.74, 6) is 0.992. The highest BCUT2D eigenvalue weighted by Gasteiger charge is 2.20. The van der Waals surface area contributed by atoms with E-state index in [9.17, 15) is 4.79 Å². The first-order chi connectivity index (χ1) is 5.70. The number of hydrogen-bond donors (Lipinski definition) is 1. The number of hydrogen-bond acceptors (Lipinski definition) is 2. The third-order valence-electron chi connectivity index (χ3n) is 2.72. The highest BCUT2D eigenvalue weighted by molar-refractivity contribution is 5.77. The van der Waals surface area contributed by atoms with Gasteiger partial charge in [0.05, 0.1) is 6.54 Å². The van der Waals surface area contributed by atoms with Crippen LogP contribution in [0.3, 0.4) is 0 Å². The van der Waals surface area contributed by atoms with Gasteiger partial charge in [0.2, 0.25) is 0 Å². The van der Waals surface area contributed by atoms with Crippen molar-refractivity contribution in [3.63, 3.8) is 0 Å². The molecular weight excluding hydrogens is 150 g/mol. The summed E-state index contributed by atoms with van der Waals surface area (Å²) in [7, 11) is 0. The molecule has 2 atom stereocenters. The van der Waals surface area contributed by atoms with E-state index in [0.717, 1.165) is 5.92 Å². The van der Waals surface area contributed by atoms with Gasteiger partial charge in [0.25, 0.3) is 0 Å². The zero-order valence-electron chi connectivity index (χ0n) is 8.10. The topological polar surface area (TPSA) is 29.1 Å². The average molecular weight is 169 g/mol. The van der Waals surface area contributed by atoms with Gasteiger partial charge in [-0.1, -0.05) is 19.8 Å². The van der Waals surface area contributed by atoms with Crippen LogP contribution in [0.4, 0.5) is 0 Å². The van der Waals surface area contributed by atoms with Crippen molar-refractivity contribution in [3.05, 3.63) is 0 Å². The molecular formula is C10H19NO. The van der Waals surface area contributed by atoms with Crippen LogP contribution in [0.1, 0.15) is 39.5 Å². The average Bonchev–Trinajstić information content (AvgIpc) is 2.03. The normalized spacial score (nSPS) is 30.2. The SMILES string of the molecule is CC(=O)CNC1CCCCC1C. The van der Waals surface area contributed by atoms with E-state index in [-0.39, 0.29) is 5.78 Å². The van der Waals surface area contributed by atoms with E-state index in [1.807, 2.05) is 0 Å². The van der Waals surface area contributed by atoms with Gasteiger partial charge in [0.15, 0.2) is 0 Å². The molecule has 1 saturated carbocycles. The van der Waals surface area contributed by atoms with Crippen LogP contribution in [-0.2, 0) is 4.79 Å². The zero-order valence-corrected chi connectivity index (χ0v) is 8.10. The first-order valence-corrected chi connectivity index (χ1v) is 4.93. The first-order valence-electron chi connectivity index (χ1n) is 4.93. The summed E-state index contributed by atoms with van der Waals surface area (Å²) >= 11 is 0. The molecule has 1 rings (SSSR count). The van der Waals surface area contributed by atoms with Crippen LogP contribution in [0.5, 0.6) is 0 Å². The maximum absolute atomic E-state index is 10.7. The monoisotopic (exact) mass is 169 g/mol. The van der Waals surface area contributed by atoms with Gasteiger partial charge in [0.1, 0.15) is 5.78 Å². The zero-order chi connectivity index (χ0) is 8.97. The Bertz CT molecular complexity index is 156. The quantitative estimate of drug-likeness (QED) is 0.697. The van der Waals surface area contributed by atoms with Crippen molar-refractivity contribution in [2.24, 2.45) is 5.92 Å². The second-order valence-electron chi connectivity index (χ2n) is 3.95. The summed E-state index contributed by atoms with van der Waals surface area (Å²) in [5, 5.41) is 3.32. The summed E-state index contributed by atoms with van der Waals surface area (Å²) < 4.78 is 0. The fourth-order valence-electron chi connectivity index (χ4n) is 1.89. The largest absolute Gasteiger partial charge is 0.307 e. The fraction of sp³-hybridized carbons (Fsp3) is 0.900. The van der Waals surface area contributed by atoms with E-state index in [2.05, 4.69) is 12.2 Å². The molecule has 0 aromatic rings. The smallest absolute Gasteiger partial charge is 0.143 e. The van der Waals surface area contributed by atoms with Gasteiger partial charge in [-0.15, -0.1) is 0 Å². The number of ketones is 1. The number of Topliss-reactive ketones (excluding diaryl/α,β-unsaturated/α-hetero) is 1. The molecule has 2 heteroatoms. The van der Waals surface area contributed by atoms with Crippen molar-refractivity contribution in [1.29, 1.82) is 0 Å². The Morgan fingerprint density at radius 3 is 2.67 bits per heavy atom. The van der Waals surface area contributed by atoms with E-state index in [1.165, 1.54) is 25.7 Å². The molecule has 2 nitrogen and oxygen atoms in total. The fourth-order valence-corrected chi connectivity index (χ4v) is 1.89. The summed E-state index contributed by atoms with van der Waals surface area (Å²) in [6, 6.07) is 0.586. The summed E-state index contributed by atoms with van der Waals surface area (Å²) in [4.78, 5) is 10.7. The van der Waals surface area contributed by atoms with Crippen LogP contribution in [0.15, 0.2) is 0 Å². The number of carbonyl (C=O) groups excluding carboxylic acids is 1. The Hall–Kier alpha value is -0.370. The highest BCUT2D eigenvalue weighted by atomic mass is 16.1. The van der Waals surface area contributed by atoms with E-state index >= 15 is 0 Å². The van der Waals surface area contributed by atoms with Crippen LogP contribution >= 0.6 is 0 Å². The van der Waals surface area contributed by atoms with Crippen LogP contribution in [0.2, 0.25) is 0 Å². The van der Waals surface area contributed by atoms with Gasteiger partial charge < -0.3 is 5.32 Å². The first kappa shape index (κ1) is 9.72. The van der Waals surface area contributed by atoms with Crippen molar-refractivity contribution in [2.45, 2.75) is 45.6 Å². The number of nitrogens with one attached hydrogen (secondary N) is 1. The Morgan fingerprint density at radius 2 is 2.08 bits per heavy atom. The van der Waals surface area contributed by atoms with Gasteiger partial charge in [0, 0.05) is 6.04 Å². The van der Waals surface area contributed by atoms with Gasteiger partial charge in [-0.25, -0.2) is 0 Å². The van der Waals surface area contributed by atoms with Crippen LogP contribution in [0.25, 0.3) is 0 Å². The molecule has 1 N–H and O–H groups in total. The standard InChI is InChI=1S/C10H19NO/c1-8-5-3-4-6-10(8)11-7-9(2)12/h8,10-11H,3-7H2,1-2H3. The van der Waals surface area contributed by atoms with Crippen molar-refractivity contribution in [2.75, 3.05) is 6.54 Å². The minimum Gasteiger partial charge on any atom is -0.307 e. The van der Waals surface area contributed by atoms with Gasteiger partial charge >= 0.3 is 0 Å². The molecule has 2 unspecified atom stereocenters. The third kappa shape index (κ3) is 2.94. The summed E-state index contributed by atoms with van der Waals surface area (Å²) in [6.07, 6.45) is 5.24. The van der Waals surface area contributed by atoms with E-state index in [0.29, 0.717) is 12.6 Å². The maximum atomic E-state index is 10.7. The molecule has 12 heavy (non-hydrogen) atoms. The van der Waals surface area contributed by atoms with Crippen LogP contribution < -0.4 is 5.32 Å². The molecule has 0 saturated heterocycles. The van der Waals surface area contributed by atoms with Crippen LogP contribution in [0, 0.1) is 5.92 Å². The Kier molecular flexibility index (Phi) is 3.73. The van der Waals surface area contributed by atoms with Crippen molar-refractivity contribution >= 4 is 5.78 Å². The number of carbonyl (C=O) groups is 1. The summed E-state index contributed by atoms with van der Waals surface area (Å²) in [5.41, 5.74) is 0. The molecule has 0 bridgehead atoms. The molecule has 0 aliphatic heterocycles. The van der Waals surface area contributed by atoms with Gasteiger partial charge in [-0.3, -0.25) is 4.79 Å². The second-order valence-corrected chi connectivity index (χ2v) is 3.95. The van der Waals surface area contributed by atoms with Crippen molar-refractivity contribution in [3.8, 4) is 0 Å². The van der Waals surface area contributed by atoms with E-state index in [1.54, 1.807) is 6.92 Å². The molecule has 1 aliphatic carbocycles. The lowest BCUT2D eigenvalue weighted by molar-refractivity contribution is -0.116. The molecule has 0 amide bonds. The van der Waals surface area contributed by atoms with Crippen LogP contribution in [-0.4, -0.2) is 18.4 Å². The minimum atomic E-state index is 0.243.